The first kappa shape index (κ1) is 11.4. The van der Waals surface area contributed by atoms with Crippen molar-refractivity contribution < 1.29 is 0 Å². The molecule has 0 radical (unpaired) electrons. The molecule has 1 atom stereocenters. The van der Waals surface area contributed by atoms with E-state index in [0.29, 0.717) is 17.6 Å². The van der Waals surface area contributed by atoms with Gasteiger partial charge in [0.25, 0.3) is 0 Å². The van der Waals surface area contributed by atoms with E-state index in [4.69, 9.17) is 17.3 Å². The van der Waals surface area contributed by atoms with Gasteiger partial charge in [0, 0.05) is 6.20 Å². The van der Waals surface area contributed by atoms with Crippen LogP contribution in [0, 0.1) is 12.8 Å². The normalized spacial score (nSPS) is 13.2. The number of imidazole rings is 1. The molecule has 0 fully saturated rings. The predicted molar refractivity (Wildman–Crippen MR) is 66.9 cm³/mol. The fourth-order valence-electron chi connectivity index (χ4n) is 1.84. The highest BCUT2D eigenvalue weighted by molar-refractivity contribution is 6.32. The smallest absolute Gasteiger partial charge is 0.155 e. The SMILES string of the molecule is Cc1nc(Cl)c2ccc(CC(C)CN)cn12. The molecule has 2 N–H and O–H groups in total. The van der Waals surface area contributed by atoms with E-state index in [-0.39, 0.29) is 0 Å². The van der Waals surface area contributed by atoms with Crippen LogP contribution in [0.25, 0.3) is 5.52 Å². The number of nitrogens with zero attached hydrogens (tertiary/aromatic N) is 2. The first-order valence-electron chi connectivity index (χ1n) is 5.45. The Bertz CT molecular complexity index is 504. The van der Waals surface area contributed by atoms with Gasteiger partial charge in [-0.05, 0) is 37.4 Å². The van der Waals surface area contributed by atoms with Gasteiger partial charge in [-0.3, -0.25) is 0 Å². The molecule has 2 aromatic rings. The first-order chi connectivity index (χ1) is 7.61. The van der Waals surface area contributed by atoms with Crippen LogP contribution >= 0.6 is 11.6 Å². The molecule has 86 valence electrons. The van der Waals surface area contributed by atoms with E-state index in [2.05, 4.69) is 24.2 Å². The Labute approximate surface area is 100 Å². The average molecular weight is 238 g/mol. The van der Waals surface area contributed by atoms with Crippen molar-refractivity contribution in [2.24, 2.45) is 11.7 Å². The van der Waals surface area contributed by atoms with E-state index in [0.717, 1.165) is 17.8 Å². The average Bonchev–Trinajstić information content (AvgIpc) is 2.54. The minimum Gasteiger partial charge on any atom is -0.330 e. The van der Waals surface area contributed by atoms with Crippen molar-refractivity contribution in [2.75, 3.05) is 6.54 Å². The Morgan fingerprint density at radius 1 is 1.50 bits per heavy atom. The summed E-state index contributed by atoms with van der Waals surface area (Å²) < 4.78 is 2.03. The molecule has 0 saturated carbocycles. The van der Waals surface area contributed by atoms with Gasteiger partial charge in [-0.2, -0.15) is 0 Å². The van der Waals surface area contributed by atoms with Gasteiger partial charge < -0.3 is 10.1 Å². The summed E-state index contributed by atoms with van der Waals surface area (Å²) in [5.41, 5.74) is 7.85. The van der Waals surface area contributed by atoms with Crippen LogP contribution in [0.3, 0.4) is 0 Å². The minimum absolute atomic E-state index is 0.497. The zero-order valence-electron chi connectivity index (χ0n) is 9.57. The maximum Gasteiger partial charge on any atom is 0.155 e. The van der Waals surface area contributed by atoms with Gasteiger partial charge in [0.15, 0.2) is 5.15 Å². The molecule has 0 aliphatic carbocycles. The van der Waals surface area contributed by atoms with Crippen LogP contribution in [0.1, 0.15) is 18.3 Å². The van der Waals surface area contributed by atoms with Crippen molar-refractivity contribution in [2.45, 2.75) is 20.3 Å². The van der Waals surface area contributed by atoms with Crippen LogP contribution in [0.5, 0.6) is 0 Å². The zero-order chi connectivity index (χ0) is 11.7. The molecule has 2 aromatic heterocycles. The number of hydrogen-bond donors (Lipinski definition) is 1. The summed E-state index contributed by atoms with van der Waals surface area (Å²) in [6, 6.07) is 4.11. The summed E-state index contributed by atoms with van der Waals surface area (Å²) in [7, 11) is 0. The highest BCUT2D eigenvalue weighted by atomic mass is 35.5. The molecule has 0 aromatic carbocycles. The van der Waals surface area contributed by atoms with Gasteiger partial charge in [0.1, 0.15) is 5.82 Å². The van der Waals surface area contributed by atoms with Gasteiger partial charge in [-0.15, -0.1) is 0 Å². The Kier molecular flexibility index (Phi) is 3.17. The van der Waals surface area contributed by atoms with E-state index in [9.17, 15) is 0 Å². The molecule has 2 heterocycles. The number of fused-ring (bicyclic) bond motifs is 1. The Morgan fingerprint density at radius 3 is 2.94 bits per heavy atom. The van der Waals surface area contributed by atoms with Gasteiger partial charge in [0.05, 0.1) is 5.52 Å². The molecule has 1 unspecified atom stereocenters. The van der Waals surface area contributed by atoms with Crippen LogP contribution in [-0.2, 0) is 6.42 Å². The molecule has 0 spiro atoms. The maximum absolute atomic E-state index is 6.01. The number of aromatic nitrogens is 2. The molecule has 2 rings (SSSR count). The molecule has 3 nitrogen and oxygen atoms in total. The van der Waals surface area contributed by atoms with Crippen LogP contribution < -0.4 is 5.73 Å². The van der Waals surface area contributed by atoms with Crippen LogP contribution in [-0.4, -0.2) is 15.9 Å². The predicted octanol–water partition coefficient (Wildman–Crippen LogP) is 2.43. The van der Waals surface area contributed by atoms with E-state index < -0.39 is 0 Å². The molecule has 16 heavy (non-hydrogen) atoms. The molecular weight excluding hydrogens is 222 g/mol. The van der Waals surface area contributed by atoms with E-state index in [1.807, 2.05) is 17.4 Å². The number of nitrogens with two attached hydrogens (primary N) is 1. The van der Waals surface area contributed by atoms with E-state index in [1.54, 1.807) is 0 Å². The minimum atomic E-state index is 0.497. The third kappa shape index (κ3) is 2.06. The highest BCUT2D eigenvalue weighted by Crippen LogP contribution is 2.19. The number of halogens is 1. The number of rotatable bonds is 3. The second-order valence-corrected chi connectivity index (χ2v) is 4.65. The standard InChI is InChI=1S/C12H16ClN3/c1-8(6-14)5-10-3-4-11-12(13)15-9(2)16(11)7-10/h3-4,7-8H,5-6,14H2,1-2H3. The molecule has 0 bridgehead atoms. The summed E-state index contributed by atoms with van der Waals surface area (Å²) in [5, 5.41) is 0.566. The molecule has 4 heteroatoms. The van der Waals surface area contributed by atoms with Crippen molar-refractivity contribution in [3.8, 4) is 0 Å². The zero-order valence-corrected chi connectivity index (χ0v) is 10.3. The second-order valence-electron chi connectivity index (χ2n) is 4.29. The number of hydrogen-bond acceptors (Lipinski definition) is 2. The third-order valence-corrected chi connectivity index (χ3v) is 3.09. The summed E-state index contributed by atoms with van der Waals surface area (Å²) in [4.78, 5) is 4.23. The van der Waals surface area contributed by atoms with Gasteiger partial charge in [-0.1, -0.05) is 24.6 Å². The quantitative estimate of drug-likeness (QED) is 0.891. The fraction of sp³-hybridized carbons (Fsp3) is 0.417. The molecular formula is C12H16ClN3. The fourth-order valence-corrected chi connectivity index (χ4v) is 2.12. The van der Waals surface area contributed by atoms with Crippen LogP contribution in [0.15, 0.2) is 18.3 Å². The summed E-state index contributed by atoms with van der Waals surface area (Å²) in [6.07, 6.45) is 3.08. The topological polar surface area (TPSA) is 43.3 Å². The summed E-state index contributed by atoms with van der Waals surface area (Å²) >= 11 is 6.01. The second kappa shape index (κ2) is 4.44. The Balaban J connectivity index is 2.40. The first-order valence-corrected chi connectivity index (χ1v) is 5.82. The van der Waals surface area contributed by atoms with Crippen LogP contribution in [0.2, 0.25) is 5.15 Å². The number of aryl methyl sites for hydroxylation is 1. The molecule has 0 saturated heterocycles. The van der Waals surface area contributed by atoms with Crippen molar-refractivity contribution in [3.63, 3.8) is 0 Å². The van der Waals surface area contributed by atoms with Crippen LogP contribution in [0.4, 0.5) is 0 Å². The van der Waals surface area contributed by atoms with E-state index in [1.165, 1.54) is 5.56 Å². The molecule has 0 aliphatic heterocycles. The van der Waals surface area contributed by atoms with Gasteiger partial charge in [-0.25, -0.2) is 4.98 Å². The Hall–Kier alpha value is -1.06. The monoisotopic (exact) mass is 237 g/mol. The van der Waals surface area contributed by atoms with Gasteiger partial charge >= 0.3 is 0 Å². The van der Waals surface area contributed by atoms with Crippen molar-refractivity contribution >= 4 is 17.1 Å². The lowest BCUT2D eigenvalue weighted by Gasteiger charge is -2.08. The highest BCUT2D eigenvalue weighted by Gasteiger charge is 2.07. The lowest BCUT2D eigenvalue weighted by molar-refractivity contribution is 0.591. The molecule has 0 amide bonds. The van der Waals surface area contributed by atoms with Gasteiger partial charge in [0.2, 0.25) is 0 Å². The molecule has 0 aliphatic rings. The maximum atomic E-state index is 6.01. The largest absolute Gasteiger partial charge is 0.330 e. The van der Waals surface area contributed by atoms with Crippen molar-refractivity contribution in [1.29, 1.82) is 0 Å². The van der Waals surface area contributed by atoms with E-state index >= 15 is 0 Å². The van der Waals surface area contributed by atoms with Crippen molar-refractivity contribution in [3.05, 3.63) is 34.9 Å². The lowest BCUT2D eigenvalue weighted by Crippen LogP contribution is -2.13. The number of pyridine rings is 1. The summed E-state index contributed by atoms with van der Waals surface area (Å²) in [5.74, 6) is 1.42. The Morgan fingerprint density at radius 2 is 2.25 bits per heavy atom. The third-order valence-electron chi connectivity index (χ3n) is 2.82. The van der Waals surface area contributed by atoms with Crippen molar-refractivity contribution in [1.82, 2.24) is 9.38 Å². The summed E-state index contributed by atoms with van der Waals surface area (Å²) in [6.45, 7) is 4.81. The lowest BCUT2D eigenvalue weighted by atomic mass is 10.0.